The maximum Gasteiger partial charge on any atom is 0.297 e. The summed E-state index contributed by atoms with van der Waals surface area (Å²) in [5.41, 5.74) is 0. The fraction of sp³-hybridized carbons (Fsp3) is 0.667. The van der Waals surface area contributed by atoms with Gasteiger partial charge in [0.25, 0.3) is 10.1 Å². The molecule has 0 spiro atoms. The van der Waals surface area contributed by atoms with Gasteiger partial charge in [0.05, 0.1) is 11.0 Å². The number of fused-ring (bicyclic) bond motifs is 1. The molecule has 2 fully saturated rings. The summed E-state index contributed by atoms with van der Waals surface area (Å²) in [5, 5.41) is 0. The van der Waals surface area contributed by atoms with Crippen LogP contribution in [-0.4, -0.2) is 14.5 Å². The number of hydrogen-bond acceptors (Lipinski definition) is 3. The Bertz CT molecular complexity index is 610. The highest BCUT2D eigenvalue weighted by molar-refractivity contribution is 7.86. The molecule has 1 aromatic rings. The van der Waals surface area contributed by atoms with E-state index in [0.717, 1.165) is 24.7 Å². The van der Waals surface area contributed by atoms with Gasteiger partial charge in [0.2, 0.25) is 0 Å². The van der Waals surface area contributed by atoms with Crippen LogP contribution >= 0.6 is 0 Å². The van der Waals surface area contributed by atoms with Gasteiger partial charge in [-0.25, -0.2) is 0 Å². The fourth-order valence-electron chi connectivity index (χ4n) is 4.04. The molecule has 0 heterocycles. The molecule has 1 aromatic carbocycles. The fourth-order valence-corrected chi connectivity index (χ4v) is 5.24. The van der Waals surface area contributed by atoms with Crippen molar-refractivity contribution < 1.29 is 12.6 Å². The van der Waals surface area contributed by atoms with Crippen molar-refractivity contribution in [2.75, 3.05) is 0 Å². The molecule has 4 heteroatoms. The first-order valence-electron chi connectivity index (χ1n) is 8.38. The smallest absolute Gasteiger partial charge is 0.263 e. The Balaban J connectivity index is 1.78. The van der Waals surface area contributed by atoms with Gasteiger partial charge in [0, 0.05) is 0 Å². The summed E-state index contributed by atoms with van der Waals surface area (Å²) >= 11 is 0. The third-order valence-corrected chi connectivity index (χ3v) is 7.35. The topological polar surface area (TPSA) is 43.4 Å². The Morgan fingerprint density at radius 1 is 0.955 bits per heavy atom. The summed E-state index contributed by atoms with van der Waals surface area (Å²) in [6.07, 6.45) is 3.06. The predicted molar refractivity (Wildman–Crippen MR) is 86.8 cm³/mol. The second-order valence-corrected chi connectivity index (χ2v) is 8.79. The lowest BCUT2D eigenvalue weighted by atomic mass is 9.76. The summed E-state index contributed by atoms with van der Waals surface area (Å²) < 4.78 is 30.7. The molecule has 2 aliphatic carbocycles. The molecule has 6 unspecified atom stereocenters. The molecule has 2 saturated carbocycles. The third kappa shape index (κ3) is 3.09. The molecule has 0 aliphatic heterocycles. The van der Waals surface area contributed by atoms with E-state index in [1.54, 1.807) is 24.3 Å². The molecule has 0 saturated heterocycles. The highest BCUT2D eigenvalue weighted by Gasteiger charge is 2.47. The Morgan fingerprint density at radius 2 is 1.64 bits per heavy atom. The summed E-state index contributed by atoms with van der Waals surface area (Å²) in [4.78, 5) is 0.259. The first-order valence-corrected chi connectivity index (χ1v) is 9.79. The van der Waals surface area contributed by atoms with E-state index in [4.69, 9.17) is 4.18 Å². The summed E-state index contributed by atoms with van der Waals surface area (Å²) in [6.45, 7) is 6.72. The zero-order valence-electron chi connectivity index (χ0n) is 13.6. The average molecular weight is 322 g/mol. The number of hydrogen-bond donors (Lipinski definition) is 0. The molecule has 0 aromatic heterocycles. The van der Waals surface area contributed by atoms with Crippen molar-refractivity contribution in [3.8, 4) is 0 Å². The van der Waals surface area contributed by atoms with Crippen LogP contribution in [0.3, 0.4) is 0 Å². The maximum absolute atomic E-state index is 12.5. The van der Waals surface area contributed by atoms with Crippen molar-refractivity contribution in [2.24, 2.45) is 29.6 Å². The van der Waals surface area contributed by atoms with Gasteiger partial charge in [-0.05, 0) is 61.0 Å². The van der Waals surface area contributed by atoms with Crippen molar-refractivity contribution in [1.29, 1.82) is 0 Å². The first kappa shape index (κ1) is 16.0. The van der Waals surface area contributed by atoms with Gasteiger partial charge in [-0.1, -0.05) is 39.0 Å². The van der Waals surface area contributed by atoms with Gasteiger partial charge >= 0.3 is 0 Å². The Hall–Kier alpha value is -0.870. The van der Waals surface area contributed by atoms with Crippen LogP contribution < -0.4 is 0 Å². The summed E-state index contributed by atoms with van der Waals surface area (Å²) in [5.74, 6) is 3.05. The lowest BCUT2D eigenvalue weighted by Crippen LogP contribution is -2.34. The molecule has 3 nitrogen and oxygen atoms in total. The standard InChI is InChI=1S/C18H26O3S/c1-12-13(2)17-11-15(17)9-10-18(14(12)3)21-22(19,20)16-7-5-4-6-8-16/h4-8,12-15,17-18H,9-11H2,1-3H3. The zero-order valence-corrected chi connectivity index (χ0v) is 14.4. The van der Waals surface area contributed by atoms with Crippen LogP contribution in [0.15, 0.2) is 35.2 Å². The van der Waals surface area contributed by atoms with E-state index in [0.29, 0.717) is 11.8 Å². The normalized spacial score (nSPS) is 38.7. The molecular weight excluding hydrogens is 296 g/mol. The quantitative estimate of drug-likeness (QED) is 0.787. The summed E-state index contributed by atoms with van der Waals surface area (Å²) in [7, 11) is -3.67. The predicted octanol–water partition coefficient (Wildman–Crippen LogP) is 4.10. The molecule has 2 aliphatic rings. The van der Waals surface area contributed by atoms with Crippen molar-refractivity contribution in [1.82, 2.24) is 0 Å². The molecule has 22 heavy (non-hydrogen) atoms. The second-order valence-electron chi connectivity index (χ2n) is 7.22. The SMILES string of the molecule is CC1C(OS(=O)(=O)c2ccccc2)CCC2CC2C(C)C1C. The van der Waals surface area contributed by atoms with Crippen molar-refractivity contribution in [3.63, 3.8) is 0 Å². The van der Waals surface area contributed by atoms with Crippen LogP contribution in [0.4, 0.5) is 0 Å². The second kappa shape index (κ2) is 5.97. The van der Waals surface area contributed by atoms with Gasteiger partial charge in [-0.3, -0.25) is 4.18 Å². The molecule has 3 rings (SSSR count). The molecule has 0 N–H and O–H groups in total. The molecule has 6 atom stereocenters. The van der Waals surface area contributed by atoms with Gasteiger partial charge in [-0.2, -0.15) is 8.42 Å². The van der Waals surface area contributed by atoms with Crippen molar-refractivity contribution in [2.45, 2.75) is 51.0 Å². The van der Waals surface area contributed by atoms with E-state index in [1.807, 2.05) is 6.07 Å². The first-order chi connectivity index (χ1) is 10.4. The van der Waals surface area contributed by atoms with E-state index in [9.17, 15) is 8.42 Å². The largest absolute Gasteiger partial charge is 0.297 e. The summed E-state index contributed by atoms with van der Waals surface area (Å²) in [6, 6.07) is 8.49. The number of benzene rings is 1. The van der Waals surface area contributed by atoms with Crippen LogP contribution in [0.5, 0.6) is 0 Å². The lowest BCUT2D eigenvalue weighted by molar-refractivity contribution is 0.0701. The van der Waals surface area contributed by atoms with Crippen LogP contribution in [-0.2, 0) is 14.3 Å². The average Bonchev–Trinajstić information content (AvgIpc) is 3.28. The monoisotopic (exact) mass is 322 g/mol. The van der Waals surface area contributed by atoms with Gasteiger partial charge in [0.1, 0.15) is 0 Å². The minimum absolute atomic E-state index is 0.204. The Labute approximate surface area is 134 Å². The van der Waals surface area contributed by atoms with Crippen molar-refractivity contribution >= 4 is 10.1 Å². The van der Waals surface area contributed by atoms with Crippen LogP contribution in [0.1, 0.15) is 40.0 Å². The molecule has 122 valence electrons. The van der Waals surface area contributed by atoms with E-state index in [-0.39, 0.29) is 16.9 Å². The Kier molecular flexibility index (Phi) is 4.34. The van der Waals surface area contributed by atoms with Crippen LogP contribution in [0.2, 0.25) is 0 Å². The minimum atomic E-state index is -3.67. The highest BCUT2D eigenvalue weighted by Crippen LogP contribution is 2.53. The minimum Gasteiger partial charge on any atom is -0.263 e. The number of rotatable bonds is 3. The molecule has 0 bridgehead atoms. The van der Waals surface area contributed by atoms with E-state index in [1.165, 1.54) is 6.42 Å². The van der Waals surface area contributed by atoms with Crippen LogP contribution in [0, 0.1) is 29.6 Å². The van der Waals surface area contributed by atoms with Gasteiger partial charge < -0.3 is 0 Å². The molecule has 0 radical (unpaired) electrons. The Morgan fingerprint density at radius 3 is 2.32 bits per heavy atom. The molecular formula is C18H26O3S. The third-order valence-electron chi connectivity index (χ3n) is 6.00. The van der Waals surface area contributed by atoms with Crippen molar-refractivity contribution in [3.05, 3.63) is 30.3 Å². The van der Waals surface area contributed by atoms with E-state index < -0.39 is 10.1 Å². The van der Waals surface area contributed by atoms with Crippen LogP contribution in [0.25, 0.3) is 0 Å². The van der Waals surface area contributed by atoms with E-state index >= 15 is 0 Å². The zero-order chi connectivity index (χ0) is 15.9. The lowest BCUT2D eigenvalue weighted by Gasteiger charge is -2.34. The van der Waals surface area contributed by atoms with Gasteiger partial charge in [-0.15, -0.1) is 0 Å². The highest BCUT2D eigenvalue weighted by atomic mass is 32.2. The van der Waals surface area contributed by atoms with Gasteiger partial charge in [0.15, 0.2) is 0 Å². The molecule has 0 amide bonds. The maximum atomic E-state index is 12.5. The van der Waals surface area contributed by atoms with E-state index in [2.05, 4.69) is 20.8 Å².